The summed E-state index contributed by atoms with van der Waals surface area (Å²) in [5.41, 5.74) is 1.29. The van der Waals surface area contributed by atoms with E-state index in [1.807, 2.05) is 14.0 Å². The lowest BCUT2D eigenvalue weighted by Crippen LogP contribution is -2.25. The smallest absolute Gasteiger partial charge is 0.273 e. The molecule has 0 aromatic carbocycles. The number of hydrogen-bond acceptors (Lipinski definition) is 3. The highest BCUT2D eigenvalue weighted by atomic mass is 79.9. The zero-order valence-corrected chi connectivity index (χ0v) is 13.7. The highest BCUT2D eigenvalue weighted by Crippen LogP contribution is 2.17. The minimum Gasteiger partial charge on any atom is -0.345 e. The first-order valence-corrected chi connectivity index (χ1v) is 7.29. The second-order valence-corrected chi connectivity index (χ2v) is 5.64. The normalized spacial score (nSPS) is 10.7. The predicted molar refractivity (Wildman–Crippen MR) is 77.7 cm³/mol. The lowest BCUT2D eigenvalue weighted by atomic mass is 10.3. The molecule has 0 saturated heterocycles. The molecule has 0 atom stereocenters. The number of aryl methyl sites for hydroxylation is 2. The molecule has 6 nitrogen and oxygen atoms in total. The van der Waals surface area contributed by atoms with Crippen molar-refractivity contribution >= 4 is 37.8 Å². The van der Waals surface area contributed by atoms with Gasteiger partial charge in [0, 0.05) is 19.8 Å². The molecule has 0 aliphatic carbocycles. The average molecular weight is 391 g/mol. The summed E-state index contributed by atoms with van der Waals surface area (Å²) in [7, 11) is 1.83. The van der Waals surface area contributed by atoms with Crippen molar-refractivity contribution in [2.45, 2.75) is 20.0 Å². The number of carbonyl (C=O) groups excluding carboxylic acids is 1. The number of nitrogens with one attached hydrogen (secondary N) is 1. The van der Waals surface area contributed by atoms with Gasteiger partial charge in [-0.05, 0) is 38.8 Å². The van der Waals surface area contributed by atoms with Gasteiger partial charge in [-0.2, -0.15) is 10.2 Å². The maximum absolute atomic E-state index is 12.1. The largest absolute Gasteiger partial charge is 0.345 e. The molecule has 0 radical (unpaired) electrons. The van der Waals surface area contributed by atoms with Crippen molar-refractivity contribution in [3.63, 3.8) is 0 Å². The van der Waals surface area contributed by atoms with Crippen LogP contribution < -0.4 is 5.32 Å². The van der Waals surface area contributed by atoms with Gasteiger partial charge in [-0.15, -0.1) is 0 Å². The number of hydrogen-bond donors (Lipinski definition) is 1. The molecule has 102 valence electrons. The third kappa shape index (κ3) is 3.06. The van der Waals surface area contributed by atoms with Gasteiger partial charge in [0.1, 0.15) is 0 Å². The van der Waals surface area contributed by atoms with E-state index in [0.29, 0.717) is 16.7 Å². The zero-order valence-electron chi connectivity index (χ0n) is 10.5. The Hall–Kier alpha value is -1.15. The van der Waals surface area contributed by atoms with Crippen molar-refractivity contribution in [2.24, 2.45) is 7.05 Å². The summed E-state index contributed by atoms with van der Waals surface area (Å²) in [6.07, 6.45) is 3.48. The maximum Gasteiger partial charge on any atom is 0.273 e. The van der Waals surface area contributed by atoms with E-state index in [1.165, 1.54) is 0 Å². The van der Waals surface area contributed by atoms with Crippen LogP contribution in [0.3, 0.4) is 0 Å². The van der Waals surface area contributed by atoms with E-state index >= 15 is 0 Å². The summed E-state index contributed by atoms with van der Waals surface area (Å²) >= 11 is 6.72. The molecule has 0 bridgehead atoms. The van der Waals surface area contributed by atoms with Gasteiger partial charge >= 0.3 is 0 Å². The Bertz CT molecular complexity index is 585. The fourth-order valence-corrected chi connectivity index (χ4v) is 2.58. The number of halogens is 2. The topological polar surface area (TPSA) is 64.7 Å². The molecular weight excluding hydrogens is 378 g/mol. The van der Waals surface area contributed by atoms with E-state index in [-0.39, 0.29) is 5.91 Å². The number of nitrogens with zero attached hydrogens (tertiary/aromatic N) is 4. The fourth-order valence-electron chi connectivity index (χ4n) is 1.60. The van der Waals surface area contributed by atoms with Gasteiger partial charge in [-0.1, -0.05) is 0 Å². The molecule has 2 rings (SSSR count). The second-order valence-electron chi connectivity index (χ2n) is 3.93. The highest BCUT2D eigenvalue weighted by Gasteiger charge is 2.15. The average Bonchev–Trinajstić information content (AvgIpc) is 2.91. The van der Waals surface area contributed by atoms with Gasteiger partial charge in [-0.25, -0.2) is 0 Å². The molecule has 0 aliphatic rings. The van der Waals surface area contributed by atoms with Gasteiger partial charge in [-0.3, -0.25) is 14.2 Å². The van der Waals surface area contributed by atoms with Crippen molar-refractivity contribution in [1.29, 1.82) is 0 Å². The van der Waals surface area contributed by atoms with Crippen molar-refractivity contribution < 1.29 is 4.79 Å². The minimum absolute atomic E-state index is 0.216. The van der Waals surface area contributed by atoms with Gasteiger partial charge in [0.2, 0.25) is 0 Å². The molecule has 0 spiro atoms. The van der Waals surface area contributed by atoms with E-state index in [2.05, 4.69) is 47.4 Å². The van der Waals surface area contributed by atoms with Crippen LogP contribution >= 0.6 is 31.9 Å². The number of carbonyl (C=O) groups is 1. The quantitative estimate of drug-likeness (QED) is 0.869. The third-order valence-corrected chi connectivity index (χ3v) is 3.93. The van der Waals surface area contributed by atoms with Gasteiger partial charge < -0.3 is 5.32 Å². The van der Waals surface area contributed by atoms with Crippen LogP contribution in [0, 0.1) is 0 Å². The Morgan fingerprint density at radius 2 is 2.16 bits per heavy atom. The lowest BCUT2D eigenvalue weighted by molar-refractivity contribution is 0.0943. The molecule has 19 heavy (non-hydrogen) atoms. The van der Waals surface area contributed by atoms with Crippen LogP contribution in [-0.4, -0.2) is 25.5 Å². The summed E-state index contributed by atoms with van der Waals surface area (Å²) in [6.45, 7) is 3.08. The number of amides is 1. The van der Waals surface area contributed by atoms with Crippen LogP contribution in [0.1, 0.15) is 23.1 Å². The van der Waals surface area contributed by atoms with Crippen molar-refractivity contribution in [3.05, 3.63) is 32.7 Å². The summed E-state index contributed by atoms with van der Waals surface area (Å²) in [5.74, 6) is -0.216. The van der Waals surface area contributed by atoms with Gasteiger partial charge in [0.25, 0.3) is 5.91 Å². The first-order chi connectivity index (χ1) is 9.02. The predicted octanol–water partition coefficient (Wildman–Crippen LogP) is 2.09. The Morgan fingerprint density at radius 1 is 1.42 bits per heavy atom. The summed E-state index contributed by atoms with van der Waals surface area (Å²) < 4.78 is 4.98. The highest BCUT2D eigenvalue weighted by molar-refractivity contribution is 9.10. The van der Waals surface area contributed by atoms with Crippen molar-refractivity contribution in [1.82, 2.24) is 24.9 Å². The molecule has 0 unspecified atom stereocenters. The fraction of sp³-hybridized carbons (Fsp3) is 0.364. The molecule has 2 aromatic heterocycles. The molecule has 2 aromatic rings. The first-order valence-electron chi connectivity index (χ1n) is 5.70. The Kier molecular flexibility index (Phi) is 4.41. The van der Waals surface area contributed by atoms with E-state index in [4.69, 9.17) is 0 Å². The van der Waals surface area contributed by atoms with E-state index in [9.17, 15) is 4.79 Å². The minimum atomic E-state index is -0.216. The Labute approximate surface area is 127 Å². The van der Waals surface area contributed by atoms with E-state index < -0.39 is 0 Å². The van der Waals surface area contributed by atoms with Crippen LogP contribution in [0.15, 0.2) is 21.3 Å². The van der Waals surface area contributed by atoms with E-state index in [0.717, 1.165) is 16.7 Å². The summed E-state index contributed by atoms with van der Waals surface area (Å²) in [6, 6.07) is 0. The first kappa shape index (κ1) is 14.3. The monoisotopic (exact) mass is 389 g/mol. The van der Waals surface area contributed by atoms with Crippen LogP contribution in [0.4, 0.5) is 0 Å². The zero-order chi connectivity index (χ0) is 14.0. The molecule has 1 amide bonds. The van der Waals surface area contributed by atoms with Gasteiger partial charge in [0.15, 0.2) is 5.69 Å². The van der Waals surface area contributed by atoms with Crippen molar-refractivity contribution in [2.75, 3.05) is 0 Å². The molecular formula is C11H13Br2N5O. The number of rotatable bonds is 4. The standard InChI is InChI=1S/C11H13Br2N5O/c1-3-18-6-8(13)10(16-18)11(19)14-5-9-7(12)4-15-17(9)2/h4,6H,3,5H2,1-2H3,(H,14,19). The molecule has 0 saturated carbocycles. The molecule has 0 fully saturated rings. The van der Waals surface area contributed by atoms with E-state index in [1.54, 1.807) is 21.8 Å². The number of aromatic nitrogens is 4. The van der Waals surface area contributed by atoms with Crippen molar-refractivity contribution in [3.8, 4) is 0 Å². The third-order valence-electron chi connectivity index (χ3n) is 2.68. The molecule has 0 aliphatic heterocycles. The van der Waals surface area contributed by atoms with Crippen LogP contribution in [0.25, 0.3) is 0 Å². The summed E-state index contributed by atoms with van der Waals surface area (Å²) in [4.78, 5) is 12.1. The molecule has 2 heterocycles. The molecule has 1 N–H and O–H groups in total. The maximum atomic E-state index is 12.1. The van der Waals surface area contributed by atoms with Crippen LogP contribution in [0.2, 0.25) is 0 Å². The Balaban J connectivity index is 2.07. The van der Waals surface area contributed by atoms with Crippen LogP contribution in [0.5, 0.6) is 0 Å². The lowest BCUT2D eigenvalue weighted by Gasteiger charge is -2.05. The van der Waals surface area contributed by atoms with Gasteiger partial charge in [0.05, 0.1) is 27.4 Å². The SMILES string of the molecule is CCn1cc(Br)c(C(=O)NCc2c(Br)cnn2C)n1. The second kappa shape index (κ2) is 5.87. The Morgan fingerprint density at radius 3 is 2.68 bits per heavy atom. The molecule has 8 heteroatoms. The summed E-state index contributed by atoms with van der Waals surface area (Å²) in [5, 5.41) is 11.1. The van der Waals surface area contributed by atoms with Crippen LogP contribution in [-0.2, 0) is 20.1 Å².